The lowest BCUT2D eigenvalue weighted by atomic mass is 10.0. The maximum absolute atomic E-state index is 6.42. The monoisotopic (exact) mass is 313 g/mol. The Bertz CT molecular complexity index is 473. The van der Waals surface area contributed by atoms with Gasteiger partial charge in [-0.1, -0.05) is 11.6 Å². The number of likely N-dealkylation sites (N-methyl/N-ethyl adjacent to an activating group) is 3. The minimum Gasteiger partial charge on any atom is -0.315 e. The van der Waals surface area contributed by atoms with Gasteiger partial charge in [0, 0.05) is 32.1 Å². The summed E-state index contributed by atoms with van der Waals surface area (Å²) in [5.41, 5.74) is 2.03. The fraction of sp³-hybridized carbons (Fsp3) is 0.800. The molecule has 5 nitrogen and oxygen atoms in total. The Hall–Kier alpha value is -0.620. The van der Waals surface area contributed by atoms with E-state index >= 15 is 0 Å². The summed E-state index contributed by atoms with van der Waals surface area (Å²) in [6, 6.07) is 0.844. The molecule has 1 aromatic rings. The first-order valence-corrected chi connectivity index (χ1v) is 8.05. The highest BCUT2D eigenvalue weighted by atomic mass is 35.5. The number of hydrogen-bond donors (Lipinski definition) is 1. The third-order valence-corrected chi connectivity index (χ3v) is 5.12. The van der Waals surface area contributed by atoms with Gasteiger partial charge >= 0.3 is 0 Å². The fourth-order valence-corrected chi connectivity index (χ4v) is 3.52. The lowest BCUT2D eigenvalue weighted by Crippen LogP contribution is -2.52. The van der Waals surface area contributed by atoms with Crippen molar-refractivity contribution in [2.75, 3.05) is 40.8 Å². The van der Waals surface area contributed by atoms with Crippen molar-refractivity contribution >= 4 is 11.6 Å². The van der Waals surface area contributed by atoms with Crippen molar-refractivity contribution < 1.29 is 0 Å². The van der Waals surface area contributed by atoms with Gasteiger partial charge in [0.15, 0.2) is 0 Å². The van der Waals surface area contributed by atoms with Gasteiger partial charge in [-0.15, -0.1) is 0 Å². The first-order chi connectivity index (χ1) is 9.93. The zero-order valence-corrected chi connectivity index (χ0v) is 14.6. The molecule has 0 spiro atoms. The third-order valence-electron chi connectivity index (χ3n) is 4.63. The standard InChI is InChI=1S/C15H28ClN5/c1-11-15(16)13(21(5)18-11)9-12(17-2)14-10-19(3)7-6-8-20(14)4/h12,14,17H,6-10H2,1-5H3. The summed E-state index contributed by atoms with van der Waals surface area (Å²) in [6.07, 6.45) is 2.13. The normalized spacial score (nSPS) is 23.2. The summed E-state index contributed by atoms with van der Waals surface area (Å²) in [4.78, 5) is 4.90. The van der Waals surface area contributed by atoms with Crippen molar-refractivity contribution in [1.82, 2.24) is 24.9 Å². The van der Waals surface area contributed by atoms with Crippen molar-refractivity contribution in [3.8, 4) is 0 Å². The zero-order chi connectivity index (χ0) is 15.6. The van der Waals surface area contributed by atoms with Crippen LogP contribution in [0.5, 0.6) is 0 Å². The summed E-state index contributed by atoms with van der Waals surface area (Å²) in [5.74, 6) is 0. The van der Waals surface area contributed by atoms with Crippen LogP contribution in [0.1, 0.15) is 17.8 Å². The average molecular weight is 314 g/mol. The number of aromatic nitrogens is 2. The predicted molar refractivity (Wildman–Crippen MR) is 88.0 cm³/mol. The first-order valence-electron chi connectivity index (χ1n) is 7.68. The van der Waals surface area contributed by atoms with Crippen LogP contribution in [0.4, 0.5) is 0 Å². The van der Waals surface area contributed by atoms with Gasteiger partial charge in [0.1, 0.15) is 0 Å². The van der Waals surface area contributed by atoms with Gasteiger partial charge in [0.2, 0.25) is 0 Å². The summed E-state index contributed by atoms with van der Waals surface area (Å²) >= 11 is 6.42. The van der Waals surface area contributed by atoms with Gasteiger partial charge in [-0.3, -0.25) is 4.68 Å². The number of hydrogen-bond acceptors (Lipinski definition) is 4. The summed E-state index contributed by atoms with van der Waals surface area (Å²) in [6.45, 7) is 5.36. The van der Waals surface area contributed by atoms with E-state index in [2.05, 4.69) is 34.3 Å². The van der Waals surface area contributed by atoms with E-state index in [9.17, 15) is 0 Å². The molecular formula is C15H28ClN5. The van der Waals surface area contributed by atoms with Crippen LogP contribution in [0, 0.1) is 6.92 Å². The number of rotatable bonds is 4. The van der Waals surface area contributed by atoms with Gasteiger partial charge in [0.05, 0.1) is 16.4 Å². The van der Waals surface area contributed by atoms with E-state index in [-0.39, 0.29) is 0 Å². The van der Waals surface area contributed by atoms with Crippen molar-refractivity contribution in [1.29, 1.82) is 0 Å². The number of aryl methyl sites for hydroxylation is 2. The van der Waals surface area contributed by atoms with Crippen LogP contribution in [-0.4, -0.2) is 72.4 Å². The molecule has 1 fully saturated rings. The van der Waals surface area contributed by atoms with Crippen LogP contribution in [0.15, 0.2) is 0 Å². The molecule has 0 amide bonds. The number of nitrogens with one attached hydrogen (secondary N) is 1. The molecule has 0 aromatic carbocycles. The highest BCUT2D eigenvalue weighted by molar-refractivity contribution is 6.31. The van der Waals surface area contributed by atoms with Crippen molar-refractivity contribution in [3.05, 3.63) is 16.4 Å². The molecule has 0 saturated carbocycles. The molecule has 1 saturated heterocycles. The van der Waals surface area contributed by atoms with Crippen molar-refractivity contribution in [2.45, 2.75) is 31.8 Å². The Kier molecular flexibility index (Phi) is 5.66. The molecule has 0 bridgehead atoms. The topological polar surface area (TPSA) is 36.3 Å². The molecule has 2 unspecified atom stereocenters. The van der Waals surface area contributed by atoms with Gasteiger partial charge in [-0.2, -0.15) is 5.10 Å². The minimum atomic E-state index is 0.364. The Morgan fingerprint density at radius 2 is 2.05 bits per heavy atom. The Balaban J connectivity index is 2.18. The molecule has 120 valence electrons. The number of halogens is 1. The summed E-state index contributed by atoms with van der Waals surface area (Å²) < 4.78 is 1.92. The highest BCUT2D eigenvalue weighted by Gasteiger charge is 2.29. The third kappa shape index (κ3) is 3.77. The van der Waals surface area contributed by atoms with Crippen molar-refractivity contribution in [3.63, 3.8) is 0 Å². The molecule has 6 heteroatoms. The van der Waals surface area contributed by atoms with E-state index in [1.165, 1.54) is 13.0 Å². The number of nitrogens with zero attached hydrogens (tertiary/aromatic N) is 4. The van der Waals surface area contributed by atoms with E-state index < -0.39 is 0 Å². The van der Waals surface area contributed by atoms with E-state index in [0.29, 0.717) is 12.1 Å². The van der Waals surface area contributed by atoms with Gasteiger partial charge in [-0.25, -0.2) is 0 Å². The fourth-order valence-electron chi connectivity index (χ4n) is 3.28. The summed E-state index contributed by atoms with van der Waals surface area (Å²) in [7, 11) is 8.45. The molecule has 1 aliphatic rings. The second kappa shape index (κ2) is 7.09. The van der Waals surface area contributed by atoms with Crippen LogP contribution in [0.25, 0.3) is 0 Å². The van der Waals surface area contributed by atoms with Crippen LogP contribution in [0.3, 0.4) is 0 Å². The largest absolute Gasteiger partial charge is 0.315 e. The van der Waals surface area contributed by atoms with Crippen LogP contribution >= 0.6 is 11.6 Å². The van der Waals surface area contributed by atoms with Gasteiger partial charge in [0.25, 0.3) is 0 Å². The van der Waals surface area contributed by atoms with Gasteiger partial charge in [-0.05, 0) is 47.6 Å². The first kappa shape index (κ1) is 16.7. The highest BCUT2D eigenvalue weighted by Crippen LogP contribution is 2.22. The maximum Gasteiger partial charge on any atom is 0.0847 e. The molecule has 0 radical (unpaired) electrons. The maximum atomic E-state index is 6.42. The van der Waals surface area contributed by atoms with Crippen molar-refractivity contribution in [2.24, 2.45) is 7.05 Å². The smallest absolute Gasteiger partial charge is 0.0847 e. The zero-order valence-electron chi connectivity index (χ0n) is 13.9. The van der Waals surface area contributed by atoms with E-state index in [1.54, 1.807) is 0 Å². The molecule has 0 aliphatic carbocycles. The Morgan fingerprint density at radius 1 is 1.33 bits per heavy atom. The van der Waals surface area contributed by atoms with Crippen LogP contribution in [-0.2, 0) is 13.5 Å². The van der Waals surface area contributed by atoms with E-state index in [4.69, 9.17) is 11.6 Å². The molecular weight excluding hydrogens is 286 g/mol. The lowest BCUT2D eigenvalue weighted by Gasteiger charge is -2.34. The van der Waals surface area contributed by atoms with E-state index in [1.807, 2.05) is 25.7 Å². The quantitative estimate of drug-likeness (QED) is 0.904. The molecule has 21 heavy (non-hydrogen) atoms. The predicted octanol–water partition coefficient (Wildman–Crippen LogP) is 1.15. The lowest BCUT2D eigenvalue weighted by molar-refractivity contribution is 0.180. The Morgan fingerprint density at radius 3 is 2.62 bits per heavy atom. The molecule has 2 rings (SSSR count). The summed E-state index contributed by atoms with van der Waals surface area (Å²) in [5, 5.41) is 8.73. The molecule has 2 heterocycles. The molecule has 1 aromatic heterocycles. The molecule has 2 atom stereocenters. The molecule has 1 N–H and O–H groups in total. The van der Waals surface area contributed by atoms with Crippen LogP contribution < -0.4 is 5.32 Å². The SMILES string of the molecule is CNC(Cc1c(Cl)c(C)nn1C)C1CN(C)CCCN1C. The van der Waals surface area contributed by atoms with E-state index in [0.717, 1.165) is 35.9 Å². The Labute approximate surface area is 133 Å². The second-order valence-corrected chi connectivity index (χ2v) is 6.61. The average Bonchev–Trinajstić information content (AvgIpc) is 2.59. The minimum absolute atomic E-state index is 0.364. The van der Waals surface area contributed by atoms with Gasteiger partial charge < -0.3 is 15.1 Å². The second-order valence-electron chi connectivity index (χ2n) is 6.23. The van der Waals surface area contributed by atoms with Crippen LogP contribution in [0.2, 0.25) is 5.02 Å². The molecule has 1 aliphatic heterocycles.